The molecule has 0 bridgehead atoms. The van der Waals surface area contributed by atoms with Crippen molar-refractivity contribution in [2.45, 2.75) is 336 Å². The summed E-state index contributed by atoms with van der Waals surface area (Å²) < 4.78 is 5.38. The van der Waals surface area contributed by atoms with Crippen LogP contribution >= 0.6 is 0 Å². The van der Waals surface area contributed by atoms with Crippen molar-refractivity contribution >= 4 is 11.9 Å². The Kier molecular flexibility index (Phi) is 56.9. The van der Waals surface area contributed by atoms with Crippen molar-refractivity contribution in [1.82, 2.24) is 0 Å². The first-order chi connectivity index (χ1) is 29.5. The maximum Gasteiger partial charge on any atom is 0.306 e. The molecule has 360 valence electrons. The van der Waals surface area contributed by atoms with E-state index in [4.69, 9.17) is 4.74 Å². The van der Waals surface area contributed by atoms with Gasteiger partial charge in [0, 0.05) is 6.42 Å². The highest BCUT2D eigenvalue weighted by atomic mass is 16.5. The summed E-state index contributed by atoms with van der Waals surface area (Å²) in [6.07, 6.45) is 62.4. The SMILES string of the molecule is CCCCCCCCCCCCCCC(CCCCCCCCCCCC)C(=O)O.CCCCCCCCCCCCCCCC(=O)OCCCCCCCCCCCC. The van der Waals surface area contributed by atoms with Crippen LogP contribution in [-0.4, -0.2) is 23.7 Å². The molecule has 0 radical (unpaired) electrons. The molecule has 4 heteroatoms. The van der Waals surface area contributed by atoms with Crippen molar-refractivity contribution in [3.63, 3.8) is 0 Å². The lowest BCUT2D eigenvalue weighted by atomic mass is 9.94. The molecule has 0 rings (SSSR count). The van der Waals surface area contributed by atoms with Crippen molar-refractivity contribution < 1.29 is 19.4 Å². The Bertz CT molecular complexity index is 794. The topological polar surface area (TPSA) is 63.6 Å². The molecular weight excluding hydrogens is 737 g/mol. The van der Waals surface area contributed by atoms with E-state index in [0.29, 0.717) is 13.0 Å². The molecule has 60 heavy (non-hydrogen) atoms. The summed E-state index contributed by atoms with van der Waals surface area (Å²) in [6, 6.07) is 0. The number of ether oxygens (including phenoxy) is 1. The van der Waals surface area contributed by atoms with Gasteiger partial charge in [-0.15, -0.1) is 0 Å². The van der Waals surface area contributed by atoms with Crippen LogP contribution < -0.4 is 0 Å². The van der Waals surface area contributed by atoms with Crippen molar-refractivity contribution in [2.75, 3.05) is 6.61 Å². The highest BCUT2D eigenvalue weighted by molar-refractivity contribution is 5.70. The molecule has 0 amide bonds. The predicted octanol–water partition coefficient (Wildman–Crippen LogP) is 20.0. The maximum absolute atomic E-state index is 11.8. The fourth-order valence-corrected chi connectivity index (χ4v) is 8.64. The summed E-state index contributed by atoms with van der Waals surface area (Å²) in [5.74, 6) is -0.634. The first kappa shape index (κ1) is 61.0. The monoisotopic (exact) mass is 849 g/mol. The summed E-state index contributed by atoms with van der Waals surface area (Å²) in [5.41, 5.74) is 0. The number of unbranched alkanes of at least 4 members (excludes halogenated alkanes) is 41. The minimum absolute atomic E-state index is 0.0222. The molecule has 0 spiro atoms. The third-order valence-electron chi connectivity index (χ3n) is 12.9. The minimum Gasteiger partial charge on any atom is -0.481 e. The van der Waals surface area contributed by atoms with Crippen molar-refractivity contribution in [3.8, 4) is 0 Å². The number of carbonyl (C=O) groups is 2. The second-order valence-corrected chi connectivity index (χ2v) is 19.1. The average Bonchev–Trinajstić information content (AvgIpc) is 3.24. The zero-order valence-corrected chi connectivity index (χ0v) is 41.9. The lowest BCUT2D eigenvalue weighted by molar-refractivity contribution is -0.144. The number of carbonyl (C=O) groups excluding carboxylic acids is 1. The number of carboxylic acids is 1. The van der Waals surface area contributed by atoms with Gasteiger partial charge in [0.05, 0.1) is 12.5 Å². The zero-order valence-electron chi connectivity index (χ0n) is 41.9. The second kappa shape index (κ2) is 56.0. The summed E-state index contributed by atoms with van der Waals surface area (Å²) in [6.45, 7) is 9.72. The number of hydrogen-bond donors (Lipinski definition) is 1. The van der Waals surface area contributed by atoms with Gasteiger partial charge in [-0.25, -0.2) is 0 Å². The molecule has 0 aromatic rings. The number of esters is 1. The van der Waals surface area contributed by atoms with E-state index in [1.165, 1.54) is 263 Å². The maximum atomic E-state index is 11.8. The zero-order chi connectivity index (χ0) is 44.1. The van der Waals surface area contributed by atoms with E-state index in [1.807, 2.05) is 0 Å². The van der Waals surface area contributed by atoms with Crippen molar-refractivity contribution in [2.24, 2.45) is 5.92 Å². The number of aliphatic carboxylic acids is 1. The van der Waals surface area contributed by atoms with Gasteiger partial charge in [-0.3, -0.25) is 9.59 Å². The van der Waals surface area contributed by atoms with Gasteiger partial charge in [0.15, 0.2) is 0 Å². The standard InChI is InChI=1S/2C28H56O2/c1-3-5-7-9-11-13-15-16-17-18-20-22-24-26-28(29)30-27-25-23-21-19-14-12-10-8-6-4-2;1-3-5-7-9-11-13-15-16-18-20-22-24-26-27(28(29)30)25-23-21-19-17-14-12-10-8-6-4-2/h3-27H2,1-2H3;27H,3-26H2,1-2H3,(H,29,30). The largest absolute Gasteiger partial charge is 0.481 e. The Morgan fingerprint density at radius 3 is 0.783 bits per heavy atom. The molecule has 1 atom stereocenters. The highest BCUT2D eigenvalue weighted by Crippen LogP contribution is 2.21. The molecule has 0 aliphatic carbocycles. The van der Waals surface area contributed by atoms with Crippen LogP contribution in [0.25, 0.3) is 0 Å². The smallest absolute Gasteiger partial charge is 0.306 e. The van der Waals surface area contributed by atoms with E-state index in [-0.39, 0.29) is 11.9 Å². The average molecular weight is 850 g/mol. The van der Waals surface area contributed by atoms with Gasteiger partial charge in [-0.2, -0.15) is 0 Å². The van der Waals surface area contributed by atoms with E-state index < -0.39 is 5.97 Å². The summed E-state index contributed by atoms with van der Waals surface area (Å²) >= 11 is 0. The molecule has 1 unspecified atom stereocenters. The van der Waals surface area contributed by atoms with Gasteiger partial charge in [0.25, 0.3) is 0 Å². The first-order valence-electron chi connectivity index (χ1n) is 27.9. The Morgan fingerprint density at radius 2 is 0.533 bits per heavy atom. The third kappa shape index (κ3) is 55.0. The van der Waals surface area contributed by atoms with Gasteiger partial charge in [0.1, 0.15) is 0 Å². The number of rotatable bonds is 50. The van der Waals surface area contributed by atoms with E-state index in [2.05, 4.69) is 27.7 Å². The van der Waals surface area contributed by atoms with E-state index >= 15 is 0 Å². The molecule has 0 aromatic heterocycles. The molecule has 4 nitrogen and oxygen atoms in total. The van der Waals surface area contributed by atoms with Crippen molar-refractivity contribution in [3.05, 3.63) is 0 Å². The van der Waals surface area contributed by atoms with Crippen LogP contribution in [0.1, 0.15) is 336 Å². The fraction of sp³-hybridized carbons (Fsp3) is 0.964. The van der Waals surface area contributed by atoms with Crippen LogP contribution in [-0.2, 0) is 14.3 Å². The molecule has 0 aliphatic heterocycles. The lowest BCUT2D eigenvalue weighted by Gasteiger charge is -2.12. The normalized spacial score (nSPS) is 11.7. The van der Waals surface area contributed by atoms with E-state index in [1.54, 1.807) is 0 Å². The van der Waals surface area contributed by atoms with E-state index in [0.717, 1.165) is 38.5 Å². The Balaban J connectivity index is 0. The van der Waals surface area contributed by atoms with Crippen LogP contribution in [0, 0.1) is 5.92 Å². The minimum atomic E-state index is -0.561. The third-order valence-corrected chi connectivity index (χ3v) is 12.9. The molecule has 0 heterocycles. The Morgan fingerprint density at radius 1 is 0.317 bits per heavy atom. The summed E-state index contributed by atoms with van der Waals surface area (Å²) in [7, 11) is 0. The lowest BCUT2D eigenvalue weighted by Crippen LogP contribution is -2.13. The quantitative estimate of drug-likeness (QED) is 0.0489. The first-order valence-corrected chi connectivity index (χ1v) is 27.9. The summed E-state index contributed by atoms with van der Waals surface area (Å²) in [5, 5.41) is 9.49. The van der Waals surface area contributed by atoms with Gasteiger partial charge < -0.3 is 9.84 Å². The van der Waals surface area contributed by atoms with Gasteiger partial charge in [-0.1, -0.05) is 304 Å². The molecule has 0 aromatic carbocycles. The van der Waals surface area contributed by atoms with E-state index in [9.17, 15) is 14.7 Å². The molecule has 1 N–H and O–H groups in total. The Labute approximate surface area is 378 Å². The highest BCUT2D eigenvalue weighted by Gasteiger charge is 2.16. The number of hydrogen-bond acceptors (Lipinski definition) is 3. The molecule has 0 saturated carbocycles. The van der Waals surface area contributed by atoms with Gasteiger partial charge in [0.2, 0.25) is 0 Å². The van der Waals surface area contributed by atoms with Gasteiger partial charge in [-0.05, 0) is 25.7 Å². The second-order valence-electron chi connectivity index (χ2n) is 19.1. The van der Waals surface area contributed by atoms with Crippen LogP contribution in [0.15, 0.2) is 0 Å². The summed E-state index contributed by atoms with van der Waals surface area (Å²) in [4.78, 5) is 23.3. The molecule has 0 saturated heterocycles. The fourth-order valence-electron chi connectivity index (χ4n) is 8.64. The Hall–Kier alpha value is -1.06. The molecule has 0 fully saturated rings. The van der Waals surface area contributed by atoms with Crippen LogP contribution in [0.5, 0.6) is 0 Å². The predicted molar refractivity (Wildman–Crippen MR) is 266 cm³/mol. The molecular formula is C56H112O4. The van der Waals surface area contributed by atoms with Crippen LogP contribution in [0.4, 0.5) is 0 Å². The van der Waals surface area contributed by atoms with Crippen LogP contribution in [0.3, 0.4) is 0 Å². The number of carboxylic acid groups (broad SMARTS) is 1. The van der Waals surface area contributed by atoms with Gasteiger partial charge >= 0.3 is 11.9 Å². The van der Waals surface area contributed by atoms with Crippen LogP contribution in [0.2, 0.25) is 0 Å². The molecule has 0 aliphatic rings. The van der Waals surface area contributed by atoms with Crippen molar-refractivity contribution in [1.29, 1.82) is 0 Å².